The molecule has 0 aromatic heterocycles. The van der Waals surface area contributed by atoms with Crippen molar-refractivity contribution in [1.82, 2.24) is 5.32 Å². The lowest BCUT2D eigenvalue weighted by Gasteiger charge is -2.14. The van der Waals surface area contributed by atoms with Crippen LogP contribution in [0.4, 0.5) is 4.39 Å². The van der Waals surface area contributed by atoms with Crippen molar-refractivity contribution >= 4 is 0 Å². The number of fused-ring (bicyclic) bond motifs is 1. The van der Waals surface area contributed by atoms with Crippen LogP contribution in [-0.2, 0) is 6.42 Å². The standard InChI is InChI=1S/C19H22FN/c1-4-21-18-8-6-14-11-15(5-7-16(14)18)19-13(3)9-12(2)10-17(19)20/h5,7,9-11,18,21H,4,6,8H2,1-3H3. The van der Waals surface area contributed by atoms with Gasteiger partial charge in [0.15, 0.2) is 0 Å². The summed E-state index contributed by atoms with van der Waals surface area (Å²) in [6, 6.07) is 10.5. The quantitative estimate of drug-likeness (QED) is 0.860. The number of hydrogen-bond acceptors (Lipinski definition) is 1. The Balaban J connectivity index is 2.03. The Labute approximate surface area is 126 Å². The van der Waals surface area contributed by atoms with Crippen molar-refractivity contribution in [3.05, 3.63) is 58.4 Å². The first kappa shape index (κ1) is 14.3. The smallest absolute Gasteiger partial charge is 0.131 e. The molecular weight excluding hydrogens is 261 g/mol. The molecule has 0 saturated heterocycles. The first-order valence-electron chi connectivity index (χ1n) is 7.73. The molecular formula is C19H22FN. The second-order valence-corrected chi connectivity index (χ2v) is 6.00. The van der Waals surface area contributed by atoms with Crippen LogP contribution < -0.4 is 5.32 Å². The molecule has 0 radical (unpaired) electrons. The number of halogens is 1. The highest BCUT2D eigenvalue weighted by molar-refractivity contribution is 5.70. The van der Waals surface area contributed by atoms with E-state index in [1.54, 1.807) is 6.07 Å². The predicted octanol–water partition coefficient (Wildman–Crippen LogP) is 4.71. The maximum atomic E-state index is 14.3. The third kappa shape index (κ3) is 2.60. The Kier molecular flexibility index (Phi) is 3.81. The molecule has 110 valence electrons. The van der Waals surface area contributed by atoms with Crippen molar-refractivity contribution < 1.29 is 4.39 Å². The van der Waals surface area contributed by atoms with Gasteiger partial charge >= 0.3 is 0 Å². The first-order chi connectivity index (χ1) is 10.1. The molecule has 0 fully saturated rings. The normalized spacial score (nSPS) is 17.0. The number of rotatable bonds is 3. The third-order valence-electron chi connectivity index (χ3n) is 4.39. The first-order valence-corrected chi connectivity index (χ1v) is 7.73. The summed E-state index contributed by atoms with van der Waals surface area (Å²) in [5, 5.41) is 3.52. The van der Waals surface area contributed by atoms with E-state index in [9.17, 15) is 4.39 Å². The van der Waals surface area contributed by atoms with E-state index in [0.29, 0.717) is 6.04 Å². The predicted molar refractivity (Wildman–Crippen MR) is 86.0 cm³/mol. The number of hydrogen-bond donors (Lipinski definition) is 1. The van der Waals surface area contributed by atoms with Gasteiger partial charge in [0, 0.05) is 11.6 Å². The molecule has 1 nitrogen and oxygen atoms in total. The molecule has 1 N–H and O–H groups in total. The summed E-state index contributed by atoms with van der Waals surface area (Å²) < 4.78 is 14.3. The van der Waals surface area contributed by atoms with Crippen LogP contribution in [0.3, 0.4) is 0 Å². The molecule has 0 amide bonds. The fourth-order valence-corrected chi connectivity index (χ4v) is 3.51. The maximum absolute atomic E-state index is 14.3. The fraction of sp³-hybridized carbons (Fsp3) is 0.368. The molecule has 0 saturated carbocycles. The van der Waals surface area contributed by atoms with Crippen molar-refractivity contribution in [1.29, 1.82) is 0 Å². The Hall–Kier alpha value is -1.67. The van der Waals surface area contributed by atoms with E-state index in [0.717, 1.165) is 41.6 Å². The summed E-state index contributed by atoms with van der Waals surface area (Å²) >= 11 is 0. The summed E-state index contributed by atoms with van der Waals surface area (Å²) in [5.74, 6) is -0.117. The van der Waals surface area contributed by atoms with Gasteiger partial charge in [-0.05, 0) is 67.1 Å². The van der Waals surface area contributed by atoms with E-state index in [1.807, 2.05) is 19.9 Å². The summed E-state index contributed by atoms with van der Waals surface area (Å²) in [5.41, 5.74) is 6.47. The molecule has 0 spiro atoms. The Morgan fingerprint density at radius 2 is 2.00 bits per heavy atom. The van der Waals surface area contributed by atoms with Crippen LogP contribution in [0.5, 0.6) is 0 Å². The van der Waals surface area contributed by atoms with Crippen molar-refractivity contribution in [2.45, 2.75) is 39.7 Å². The fourth-order valence-electron chi connectivity index (χ4n) is 3.51. The average molecular weight is 283 g/mol. The van der Waals surface area contributed by atoms with Gasteiger partial charge in [-0.3, -0.25) is 0 Å². The number of nitrogens with one attached hydrogen (secondary N) is 1. The lowest BCUT2D eigenvalue weighted by molar-refractivity contribution is 0.549. The molecule has 21 heavy (non-hydrogen) atoms. The largest absolute Gasteiger partial charge is 0.310 e. The minimum Gasteiger partial charge on any atom is -0.310 e. The zero-order valence-electron chi connectivity index (χ0n) is 13.0. The van der Waals surface area contributed by atoms with Gasteiger partial charge in [-0.25, -0.2) is 4.39 Å². The second kappa shape index (κ2) is 5.61. The van der Waals surface area contributed by atoms with Crippen LogP contribution in [0.2, 0.25) is 0 Å². The number of aryl methyl sites for hydroxylation is 3. The van der Waals surface area contributed by atoms with Gasteiger partial charge in [0.2, 0.25) is 0 Å². The van der Waals surface area contributed by atoms with Crippen LogP contribution >= 0.6 is 0 Å². The molecule has 0 heterocycles. The topological polar surface area (TPSA) is 12.0 Å². The highest BCUT2D eigenvalue weighted by Gasteiger charge is 2.22. The zero-order chi connectivity index (χ0) is 15.0. The van der Waals surface area contributed by atoms with Crippen LogP contribution in [-0.4, -0.2) is 6.54 Å². The second-order valence-electron chi connectivity index (χ2n) is 6.00. The van der Waals surface area contributed by atoms with E-state index in [2.05, 4.69) is 30.4 Å². The molecule has 1 aliphatic carbocycles. The average Bonchev–Trinajstić information content (AvgIpc) is 2.81. The lowest BCUT2D eigenvalue weighted by Crippen LogP contribution is -2.18. The highest BCUT2D eigenvalue weighted by atomic mass is 19.1. The number of benzene rings is 2. The van der Waals surface area contributed by atoms with Crippen molar-refractivity contribution in [2.75, 3.05) is 6.54 Å². The lowest BCUT2D eigenvalue weighted by atomic mass is 9.95. The van der Waals surface area contributed by atoms with E-state index in [1.165, 1.54) is 11.1 Å². The summed E-state index contributed by atoms with van der Waals surface area (Å²) in [4.78, 5) is 0. The van der Waals surface area contributed by atoms with Gasteiger partial charge in [-0.2, -0.15) is 0 Å². The molecule has 2 aromatic rings. The molecule has 3 rings (SSSR count). The summed E-state index contributed by atoms with van der Waals surface area (Å²) in [7, 11) is 0. The van der Waals surface area contributed by atoms with Gasteiger partial charge in [-0.1, -0.05) is 31.2 Å². The maximum Gasteiger partial charge on any atom is 0.131 e. The molecule has 2 heteroatoms. The Morgan fingerprint density at radius 1 is 1.19 bits per heavy atom. The van der Waals surface area contributed by atoms with Crippen LogP contribution in [0, 0.1) is 19.7 Å². The summed E-state index contributed by atoms with van der Waals surface area (Å²) in [6.07, 6.45) is 2.22. The van der Waals surface area contributed by atoms with Crippen molar-refractivity contribution in [3.8, 4) is 11.1 Å². The van der Waals surface area contributed by atoms with Gasteiger partial charge in [0.25, 0.3) is 0 Å². The van der Waals surface area contributed by atoms with Gasteiger partial charge in [0.1, 0.15) is 5.82 Å². The summed E-state index contributed by atoms with van der Waals surface area (Å²) in [6.45, 7) is 7.04. The van der Waals surface area contributed by atoms with E-state index < -0.39 is 0 Å². The Morgan fingerprint density at radius 3 is 2.71 bits per heavy atom. The van der Waals surface area contributed by atoms with Crippen LogP contribution in [0.1, 0.15) is 41.6 Å². The van der Waals surface area contributed by atoms with Gasteiger partial charge in [-0.15, -0.1) is 0 Å². The van der Waals surface area contributed by atoms with E-state index in [4.69, 9.17) is 0 Å². The molecule has 1 atom stereocenters. The molecule has 2 aromatic carbocycles. The third-order valence-corrected chi connectivity index (χ3v) is 4.39. The molecule has 1 aliphatic rings. The minimum atomic E-state index is -0.117. The highest BCUT2D eigenvalue weighted by Crippen LogP contribution is 2.36. The van der Waals surface area contributed by atoms with E-state index in [-0.39, 0.29) is 5.82 Å². The van der Waals surface area contributed by atoms with Gasteiger partial charge in [0.05, 0.1) is 0 Å². The SMILES string of the molecule is CCNC1CCc2cc(-c3c(C)cc(C)cc3F)ccc21. The Bertz CT molecular complexity index is 652. The van der Waals surface area contributed by atoms with E-state index >= 15 is 0 Å². The minimum absolute atomic E-state index is 0.117. The monoisotopic (exact) mass is 283 g/mol. The van der Waals surface area contributed by atoms with Crippen LogP contribution in [0.25, 0.3) is 11.1 Å². The van der Waals surface area contributed by atoms with Gasteiger partial charge < -0.3 is 5.32 Å². The molecule has 0 aliphatic heterocycles. The molecule has 1 unspecified atom stereocenters. The van der Waals surface area contributed by atoms with Crippen molar-refractivity contribution in [2.24, 2.45) is 0 Å². The van der Waals surface area contributed by atoms with Crippen LogP contribution in [0.15, 0.2) is 30.3 Å². The van der Waals surface area contributed by atoms with Crippen molar-refractivity contribution in [3.63, 3.8) is 0 Å². The molecule has 0 bridgehead atoms. The zero-order valence-corrected chi connectivity index (χ0v) is 13.0.